The van der Waals surface area contributed by atoms with E-state index >= 15 is 0 Å². The molecule has 0 aliphatic heterocycles. The molecule has 0 spiro atoms. The Kier molecular flexibility index (Phi) is 7.43. The fourth-order valence-electron chi connectivity index (χ4n) is 0.893. The van der Waals surface area contributed by atoms with Crippen LogP contribution in [0.2, 0.25) is 0 Å². The molecule has 0 aromatic rings. The highest BCUT2D eigenvalue weighted by Gasteiger charge is 2.18. The summed E-state index contributed by atoms with van der Waals surface area (Å²) in [6.45, 7) is 14.7. The van der Waals surface area contributed by atoms with E-state index < -0.39 is 11.9 Å². The summed E-state index contributed by atoms with van der Waals surface area (Å²) in [4.78, 5) is 22.8. The first-order chi connectivity index (χ1) is 8.34. The molecule has 4 heteroatoms. The van der Waals surface area contributed by atoms with E-state index in [0.717, 1.165) is 11.1 Å². The molecule has 0 unspecified atom stereocenters. The van der Waals surface area contributed by atoms with Crippen LogP contribution in [0.5, 0.6) is 0 Å². The Hall–Kier alpha value is -1.84. The third-order valence-corrected chi connectivity index (χ3v) is 2.02. The molecule has 0 bridgehead atoms. The molecule has 0 aliphatic carbocycles. The van der Waals surface area contributed by atoms with Crippen molar-refractivity contribution in [2.75, 3.05) is 13.2 Å². The fourth-order valence-corrected chi connectivity index (χ4v) is 0.893. The summed E-state index contributed by atoms with van der Waals surface area (Å²) in [6.07, 6.45) is 1.12. The van der Waals surface area contributed by atoms with Crippen molar-refractivity contribution in [3.05, 3.63) is 36.5 Å². The van der Waals surface area contributed by atoms with Gasteiger partial charge in [0.2, 0.25) is 0 Å². The molecule has 18 heavy (non-hydrogen) atoms. The second-order valence-electron chi connectivity index (χ2n) is 4.16. The van der Waals surface area contributed by atoms with Crippen LogP contribution in [0.3, 0.4) is 0 Å². The minimum absolute atomic E-state index is 0.187. The van der Waals surface area contributed by atoms with Crippen molar-refractivity contribution in [3.63, 3.8) is 0 Å². The smallest absolute Gasteiger partial charge is 0.344 e. The molecule has 0 radical (unpaired) electrons. The number of hydrogen-bond donors (Lipinski definition) is 0. The van der Waals surface area contributed by atoms with Gasteiger partial charge in [-0.3, -0.25) is 0 Å². The standard InChI is InChI=1S/C14H20O4/c1-10(2)6-8-17-13(15)12(5)14(16)18-9-7-11(3)4/h1,3,5-9H2,2,4H3. The molecular weight excluding hydrogens is 232 g/mol. The second-order valence-corrected chi connectivity index (χ2v) is 4.16. The Morgan fingerprint density at radius 1 is 0.833 bits per heavy atom. The van der Waals surface area contributed by atoms with E-state index in [9.17, 15) is 9.59 Å². The number of carbonyl (C=O) groups is 2. The van der Waals surface area contributed by atoms with Crippen LogP contribution >= 0.6 is 0 Å². The number of rotatable bonds is 8. The van der Waals surface area contributed by atoms with Crippen molar-refractivity contribution in [1.29, 1.82) is 0 Å². The third kappa shape index (κ3) is 7.44. The summed E-state index contributed by atoms with van der Waals surface area (Å²) in [6, 6.07) is 0. The van der Waals surface area contributed by atoms with Crippen LogP contribution in [0.1, 0.15) is 26.7 Å². The predicted octanol–water partition coefficient (Wildman–Crippen LogP) is 2.56. The minimum Gasteiger partial charge on any atom is -0.462 e. The van der Waals surface area contributed by atoms with Gasteiger partial charge in [-0.05, 0) is 13.8 Å². The summed E-state index contributed by atoms with van der Waals surface area (Å²) in [5, 5.41) is 0. The third-order valence-electron chi connectivity index (χ3n) is 2.02. The molecule has 0 amide bonds. The van der Waals surface area contributed by atoms with Crippen molar-refractivity contribution >= 4 is 11.9 Å². The highest BCUT2D eigenvalue weighted by molar-refractivity contribution is 6.13. The number of hydrogen-bond acceptors (Lipinski definition) is 4. The first-order valence-electron chi connectivity index (χ1n) is 5.66. The van der Waals surface area contributed by atoms with Gasteiger partial charge < -0.3 is 9.47 Å². The van der Waals surface area contributed by atoms with Crippen LogP contribution in [0.15, 0.2) is 36.5 Å². The average molecular weight is 252 g/mol. The molecule has 0 aromatic heterocycles. The summed E-state index contributed by atoms with van der Waals surface area (Å²) >= 11 is 0. The van der Waals surface area contributed by atoms with Crippen molar-refractivity contribution in [3.8, 4) is 0 Å². The molecule has 4 nitrogen and oxygen atoms in total. The number of ether oxygens (including phenoxy) is 2. The first kappa shape index (κ1) is 16.2. The topological polar surface area (TPSA) is 52.6 Å². The Labute approximate surface area is 108 Å². The highest BCUT2D eigenvalue weighted by atomic mass is 16.6. The fraction of sp³-hybridized carbons (Fsp3) is 0.429. The molecule has 0 rings (SSSR count). The van der Waals surface area contributed by atoms with Crippen LogP contribution in [0, 0.1) is 0 Å². The summed E-state index contributed by atoms with van der Waals surface area (Å²) in [5.74, 6) is -1.51. The summed E-state index contributed by atoms with van der Waals surface area (Å²) < 4.78 is 9.69. The Morgan fingerprint density at radius 2 is 1.17 bits per heavy atom. The van der Waals surface area contributed by atoms with Gasteiger partial charge in [0.25, 0.3) is 0 Å². The Bertz CT molecular complexity index is 332. The maximum absolute atomic E-state index is 11.4. The van der Waals surface area contributed by atoms with E-state index in [4.69, 9.17) is 9.47 Å². The largest absolute Gasteiger partial charge is 0.462 e. The normalized spacial score (nSPS) is 9.44. The molecule has 0 N–H and O–H groups in total. The number of carbonyl (C=O) groups excluding carboxylic acids is 2. The molecule has 0 fully saturated rings. The van der Waals surface area contributed by atoms with Gasteiger partial charge in [-0.25, -0.2) is 9.59 Å². The Balaban J connectivity index is 3.97. The van der Waals surface area contributed by atoms with E-state index in [1.165, 1.54) is 0 Å². The van der Waals surface area contributed by atoms with Gasteiger partial charge in [-0.1, -0.05) is 17.7 Å². The van der Waals surface area contributed by atoms with E-state index in [-0.39, 0.29) is 18.8 Å². The van der Waals surface area contributed by atoms with Crippen molar-refractivity contribution in [2.24, 2.45) is 0 Å². The molecule has 0 atom stereocenters. The van der Waals surface area contributed by atoms with Gasteiger partial charge in [-0.2, -0.15) is 0 Å². The van der Waals surface area contributed by atoms with Crippen LogP contribution in [-0.4, -0.2) is 25.2 Å². The molecular formula is C14H20O4. The lowest BCUT2D eigenvalue weighted by molar-refractivity contribution is -0.146. The molecule has 0 aromatic carbocycles. The van der Waals surface area contributed by atoms with Crippen molar-refractivity contribution in [1.82, 2.24) is 0 Å². The van der Waals surface area contributed by atoms with Gasteiger partial charge >= 0.3 is 11.9 Å². The van der Waals surface area contributed by atoms with Crippen LogP contribution in [0.25, 0.3) is 0 Å². The van der Waals surface area contributed by atoms with E-state index in [1.807, 2.05) is 13.8 Å². The van der Waals surface area contributed by atoms with Gasteiger partial charge in [0.15, 0.2) is 0 Å². The minimum atomic E-state index is -0.753. The first-order valence-corrected chi connectivity index (χ1v) is 5.66. The van der Waals surface area contributed by atoms with Crippen LogP contribution in [0.4, 0.5) is 0 Å². The molecule has 0 heterocycles. The van der Waals surface area contributed by atoms with Gasteiger partial charge in [0.05, 0.1) is 13.2 Å². The van der Waals surface area contributed by atoms with Gasteiger partial charge in [0.1, 0.15) is 5.57 Å². The van der Waals surface area contributed by atoms with E-state index in [1.54, 1.807) is 0 Å². The molecule has 100 valence electrons. The van der Waals surface area contributed by atoms with Crippen LogP contribution in [-0.2, 0) is 19.1 Å². The lowest BCUT2D eigenvalue weighted by Gasteiger charge is -2.07. The van der Waals surface area contributed by atoms with Gasteiger partial charge in [-0.15, -0.1) is 13.2 Å². The Morgan fingerprint density at radius 3 is 1.44 bits per heavy atom. The van der Waals surface area contributed by atoms with Gasteiger partial charge in [0, 0.05) is 12.8 Å². The molecule has 0 saturated carbocycles. The monoisotopic (exact) mass is 252 g/mol. The highest BCUT2D eigenvalue weighted by Crippen LogP contribution is 2.03. The second kappa shape index (κ2) is 8.28. The lowest BCUT2D eigenvalue weighted by atomic mass is 10.2. The molecule has 0 aliphatic rings. The SMILES string of the molecule is C=C(C)CCOC(=O)C(=C)C(=O)OCCC(=C)C. The average Bonchev–Trinajstić information content (AvgIpc) is 2.26. The summed E-state index contributed by atoms with van der Waals surface area (Å²) in [5.41, 5.74) is 1.51. The zero-order valence-electron chi connectivity index (χ0n) is 11.1. The van der Waals surface area contributed by atoms with E-state index in [2.05, 4.69) is 19.7 Å². The number of esters is 2. The maximum Gasteiger partial charge on any atom is 0.344 e. The maximum atomic E-state index is 11.4. The lowest BCUT2D eigenvalue weighted by Crippen LogP contribution is -2.18. The quantitative estimate of drug-likeness (QED) is 0.219. The van der Waals surface area contributed by atoms with Crippen molar-refractivity contribution in [2.45, 2.75) is 26.7 Å². The zero-order chi connectivity index (χ0) is 14.1. The van der Waals surface area contributed by atoms with E-state index in [0.29, 0.717) is 12.8 Å². The zero-order valence-corrected chi connectivity index (χ0v) is 11.1. The van der Waals surface area contributed by atoms with Crippen LogP contribution < -0.4 is 0 Å². The summed E-state index contributed by atoms with van der Waals surface area (Å²) in [7, 11) is 0. The van der Waals surface area contributed by atoms with Crippen molar-refractivity contribution < 1.29 is 19.1 Å². The predicted molar refractivity (Wildman–Crippen MR) is 69.9 cm³/mol. The molecule has 0 saturated heterocycles.